The minimum atomic E-state index is -3.83. The van der Waals surface area contributed by atoms with Crippen LogP contribution >= 0.6 is 11.3 Å². The average Bonchev–Trinajstić information content (AvgIpc) is 3.31. The summed E-state index contributed by atoms with van der Waals surface area (Å²) in [5.41, 5.74) is 2.17. The van der Waals surface area contributed by atoms with Crippen LogP contribution in [0.3, 0.4) is 0 Å². The molecule has 0 spiro atoms. The van der Waals surface area contributed by atoms with E-state index in [1.165, 1.54) is 29.7 Å². The summed E-state index contributed by atoms with van der Waals surface area (Å²) in [4.78, 5) is 30.2. The number of sulfonamides is 1. The maximum Gasteiger partial charge on any atom is 0.323 e. The van der Waals surface area contributed by atoms with Crippen LogP contribution in [-0.4, -0.2) is 37.5 Å². The van der Waals surface area contributed by atoms with Crippen molar-refractivity contribution in [3.63, 3.8) is 0 Å². The number of thiazole rings is 1. The number of carbonyl (C=O) groups excluding carboxylic acids is 2. The van der Waals surface area contributed by atoms with Gasteiger partial charge in [0.15, 0.2) is 11.0 Å². The van der Waals surface area contributed by atoms with E-state index < -0.39 is 46.1 Å². The molecule has 0 saturated carbocycles. The van der Waals surface area contributed by atoms with Crippen LogP contribution in [0.15, 0.2) is 65.0 Å². The molecule has 2 aromatic carbocycles. The lowest BCUT2D eigenvalue weighted by Gasteiger charge is -2.28. The summed E-state index contributed by atoms with van der Waals surface area (Å²) in [5, 5.41) is 5.15. The molecule has 0 aliphatic heterocycles. The van der Waals surface area contributed by atoms with Gasteiger partial charge in [0, 0.05) is 17.3 Å². The summed E-state index contributed by atoms with van der Waals surface area (Å²) < 4.78 is 38.7. The highest BCUT2D eigenvalue weighted by molar-refractivity contribution is 7.93. The molecule has 3 aromatic rings. The SMILES string of the molecule is Cc1ccc(C(Nc2ccc(S(=O)(=O)Nc3nccs3)cc2)C(C(=O)OC(C)C)C(=O)OC(C)C)cc1. The lowest BCUT2D eigenvalue weighted by atomic mass is 9.91. The predicted octanol–water partition coefficient (Wildman–Crippen LogP) is 4.92. The molecule has 0 bridgehead atoms. The van der Waals surface area contributed by atoms with Crippen molar-refractivity contribution in [3.8, 4) is 0 Å². The van der Waals surface area contributed by atoms with Crippen LogP contribution in [0.5, 0.6) is 0 Å². The highest BCUT2D eigenvalue weighted by atomic mass is 32.2. The molecule has 0 saturated heterocycles. The number of benzene rings is 2. The Hall–Kier alpha value is -3.44. The quantitative estimate of drug-likeness (QED) is 0.257. The number of rotatable bonds is 11. The van der Waals surface area contributed by atoms with E-state index in [1.54, 1.807) is 45.2 Å². The van der Waals surface area contributed by atoms with Gasteiger partial charge < -0.3 is 14.8 Å². The van der Waals surface area contributed by atoms with Gasteiger partial charge in [-0.15, -0.1) is 11.3 Å². The summed E-state index contributed by atoms with van der Waals surface area (Å²) in [6, 6.07) is 12.5. The minimum Gasteiger partial charge on any atom is -0.462 e. The normalized spacial score (nSPS) is 12.4. The zero-order chi connectivity index (χ0) is 27.2. The Morgan fingerprint density at radius 2 is 1.46 bits per heavy atom. The fourth-order valence-corrected chi connectivity index (χ4v) is 5.26. The second-order valence-electron chi connectivity index (χ2n) is 8.95. The average molecular weight is 546 g/mol. The molecule has 0 amide bonds. The van der Waals surface area contributed by atoms with Crippen molar-refractivity contribution in [2.75, 3.05) is 10.0 Å². The third kappa shape index (κ3) is 7.77. The molecule has 0 fully saturated rings. The van der Waals surface area contributed by atoms with Crippen LogP contribution < -0.4 is 10.0 Å². The second kappa shape index (κ2) is 12.2. The summed E-state index contributed by atoms with van der Waals surface area (Å²) >= 11 is 1.17. The highest BCUT2D eigenvalue weighted by Crippen LogP contribution is 2.31. The Balaban J connectivity index is 1.95. The Morgan fingerprint density at radius 1 is 0.892 bits per heavy atom. The molecule has 1 aromatic heterocycles. The number of carbonyl (C=O) groups is 2. The minimum absolute atomic E-state index is 0.0371. The third-order valence-corrected chi connectivity index (χ3v) is 7.29. The molecule has 11 heteroatoms. The van der Waals surface area contributed by atoms with E-state index in [0.717, 1.165) is 5.56 Å². The summed E-state index contributed by atoms with van der Waals surface area (Å²) in [7, 11) is -3.83. The number of nitrogens with one attached hydrogen (secondary N) is 2. The molecule has 1 heterocycles. The van der Waals surface area contributed by atoms with Gasteiger partial charge in [-0.3, -0.25) is 14.3 Å². The van der Waals surface area contributed by atoms with Crippen LogP contribution in [0.4, 0.5) is 10.8 Å². The van der Waals surface area contributed by atoms with Crippen LogP contribution in [0.2, 0.25) is 0 Å². The third-order valence-electron chi connectivity index (χ3n) is 5.12. The van der Waals surface area contributed by atoms with Crippen molar-refractivity contribution in [1.29, 1.82) is 0 Å². The maximum absolute atomic E-state index is 13.1. The number of aromatic nitrogens is 1. The molecule has 0 aliphatic rings. The molecule has 0 aliphatic carbocycles. The van der Waals surface area contributed by atoms with Crippen molar-refractivity contribution >= 4 is 44.1 Å². The monoisotopic (exact) mass is 545 g/mol. The van der Waals surface area contributed by atoms with Gasteiger partial charge in [0.2, 0.25) is 0 Å². The van der Waals surface area contributed by atoms with Crippen LogP contribution in [0.1, 0.15) is 44.9 Å². The Bertz CT molecular complexity index is 1270. The van der Waals surface area contributed by atoms with Gasteiger partial charge in [0.1, 0.15) is 0 Å². The van der Waals surface area contributed by atoms with Gasteiger partial charge in [0.05, 0.1) is 23.1 Å². The first-order valence-corrected chi connectivity index (χ1v) is 14.1. The van der Waals surface area contributed by atoms with E-state index in [4.69, 9.17) is 9.47 Å². The van der Waals surface area contributed by atoms with E-state index in [0.29, 0.717) is 11.3 Å². The van der Waals surface area contributed by atoms with Gasteiger partial charge >= 0.3 is 11.9 Å². The number of hydrogen-bond acceptors (Lipinski definition) is 9. The van der Waals surface area contributed by atoms with E-state index in [2.05, 4.69) is 15.0 Å². The molecule has 37 heavy (non-hydrogen) atoms. The molecule has 9 nitrogen and oxygen atoms in total. The number of ether oxygens (including phenoxy) is 2. The largest absolute Gasteiger partial charge is 0.462 e. The fourth-order valence-electron chi connectivity index (χ4n) is 3.47. The molecule has 2 N–H and O–H groups in total. The zero-order valence-electron chi connectivity index (χ0n) is 21.3. The molecule has 1 unspecified atom stereocenters. The van der Waals surface area contributed by atoms with E-state index in [1.807, 2.05) is 31.2 Å². The van der Waals surface area contributed by atoms with Crippen LogP contribution in [0.25, 0.3) is 0 Å². The first-order valence-electron chi connectivity index (χ1n) is 11.7. The zero-order valence-corrected chi connectivity index (χ0v) is 22.9. The highest BCUT2D eigenvalue weighted by Gasteiger charge is 2.39. The fraction of sp³-hybridized carbons (Fsp3) is 0.346. The number of nitrogens with zero attached hydrogens (tertiary/aromatic N) is 1. The van der Waals surface area contributed by atoms with E-state index in [-0.39, 0.29) is 10.0 Å². The van der Waals surface area contributed by atoms with Crippen molar-refractivity contribution in [2.45, 2.75) is 57.8 Å². The number of anilines is 2. The summed E-state index contributed by atoms with van der Waals surface area (Å²) in [6.45, 7) is 8.75. The summed E-state index contributed by atoms with van der Waals surface area (Å²) in [6.07, 6.45) is 0.636. The molecule has 1 atom stereocenters. The van der Waals surface area contributed by atoms with Crippen molar-refractivity contribution in [2.24, 2.45) is 5.92 Å². The lowest BCUT2D eigenvalue weighted by molar-refractivity contribution is -0.167. The molecule has 3 rings (SSSR count). The maximum atomic E-state index is 13.1. The Kier molecular flexibility index (Phi) is 9.28. The first kappa shape index (κ1) is 28.1. The van der Waals surface area contributed by atoms with E-state index >= 15 is 0 Å². The van der Waals surface area contributed by atoms with Gasteiger partial charge in [0.25, 0.3) is 10.0 Å². The summed E-state index contributed by atoms with van der Waals surface area (Å²) in [5.74, 6) is -2.74. The van der Waals surface area contributed by atoms with Crippen molar-refractivity contribution < 1.29 is 27.5 Å². The van der Waals surface area contributed by atoms with E-state index in [9.17, 15) is 18.0 Å². The Morgan fingerprint density at radius 3 is 1.95 bits per heavy atom. The van der Waals surface area contributed by atoms with Gasteiger partial charge in [-0.25, -0.2) is 13.4 Å². The smallest absolute Gasteiger partial charge is 0.323 e. The van der Waals surface area contributed by atoms with Gasteiger partial charge in [-0.05, 0) is 64.4 Å². The van der Waals surface area contributed by atoms with Gasteiger partial charge in [-0.1, -0.05) is 29.8 Å². The van der Waals surface area contributed by atoms with Gasteiger partial charge in [-0.2, -0.15) is 0 Å². The molecule has 0 radical (unpaired) electrons. The van der Waals surface area contributed by atoms with Crippen LogP contribution in [0, 0.1) is 12.8 Å². The van der Waals surface area contributed by atoms with Crippen molar-refractivity contribution in [3.05, 3.63) is 71.2 Å². The topological polar surface area (TPSA) is 124 Å². The number of esters is 2. The standard InChI is InChI=1S/C26H31N3O6S2/c1-16(2)34-24(30)22(25(31)35-17(3)4)23(19-8-6-18(5)7-9-19)28-20-10-12-21(13-11-20)37(32,33)29-26-27-14-15-36-26/h6-17,22-23,28H,1-5H3,(H,27,29). The molecular weight excluding hydrogens is 514 g/mol. The first-order chi connectivity index (χ1) is 17.5. The molecular formula is C26H31N3O6S2. The van der Waals surface area contributed by atoms with Crippen LogP contribution in [-0.2, 0) is 29.1 Å². The Labute approximate surface area is 221 Å². The number of hydrogen-bond donors (Lipinski definition) is 2. The number of aryl methyl sites for hydroxylation is 1. The molecule has 198 valence electrons. The van der Waals surface area contributed by atoms with Crippen molar-refractivity contribution in [1.82, 2.24) is 4.98 Å². The lowest BCUT2D eigenvalue weighted by Crippen LogP contribution is -2.38. The second-order valence-corrected chi connectivity index (χ2v) is 11.5. The predicted molar refractivity (Wildman–Crippen MR) is 143 cm³/mol.